The summed E-state index contributed by atoms with van der Waals surface area (Å²) in [6.07, 6.45) is 4.90. The normalized spacial score (nSPS) is 10.6. The Morgan fingerprint density at radius 1 is 1.35 bits per heavy atom. The van der Waals surface area contributed by atoms with Crippen molar-refractivity contribution >= 4 is 5.91 Å². The first kappa shape index (κ1) is 14.1. The predicted octanol–water partition coefficient (Wildman–Crippen LogP) is 0.595. The highest BCUT2D eigenvalue weighted by Crippen LogP contribution is 2.08. The van der Waals surface area contributed by atoms with Gasteiger partial charge in [-0.25, -0.2) is 0 Å². The van der Waals surface area contributed by atoms with Gasteiger partial charge in [0, 0.05) is 32.7 Å². The van der Waals surface area contributed by atoms with E-state index in [0.29, 0.717) is 24.4 Å². The molecule has 1 N–H and O–H groups in total. The van der Waals surface area contributed by atoms with Gasteiger partial charge >= 0.3 is 0 Å². The lowest BCUT2D eigenvalue weighted by Crippen LogP contribution is -2.24. The van der Waals surface area contributed by atoms with Gasteiger partial charge in [0.1, 0.15) is 5.69 Å². The summed E-state index contributed by atoms with van der Waals surface area (Å²) in [5, 5.41) is 7.01. The van der Waals surface area contributed by atoms with Crippen LogP contribution in [0.2, 0.25) is 0 Å². The first-order valence-corrected chi connectivity index (χ1v) is 6.18. The molecule has 7 heteroatoms. The van der Waals surface area contributed by atoms with Gasteiger partial charge in [-0.15, -0.1) is 0 Å². The molecule has 0 atom stereocenters. The first-order chi connectivity index (χ1) is 9.61. The van der Waals surface area contributed by atoms with E-state index in [1.54, 1.807) is 37.4 Å². The molecule has 0 aromatic carbocycles. The van der Waals surface area contributed by atoms with E-state index < -0.39 is 0 Å². The van der Waals surface area contributed by atoms with Crippen LogP contribution in [-0.4, -0.2) is 32.8 Å². The van der Waals surface area contributed by atoms with Crippen molar-refractivity contribution in [2.24, 2.45) is 7.05 Å². The Balaban J connectivity index is 2.07. The molecular formula is C13H17N5O2. The van der Waals surface area contributed by atoms with Crippen LogP contribution in [0.15, 0.2) is 18.6 Å². The summed E-state index contributed by atoms with van der Waals surface area (Å²) in [5.41, 5.74) is 2.67. The van der Waals surface area contributed by atoms with Crippen molar-refractivity contribution in [3.63, 3.8) is 0 Å². The Kier molecular flexibility index (Phi) is 4.41. The molecular weight excluding hydrogens is 258 g/mol. The molecule has 0 spiro atoms. The second-order valence-electron chi connectivity index (χ2n) is 4.37. The predicted molar refractivity (Wildman–Crippen MR) is 71.9 cm³/mol. The first-order valence-electron chi connectivity index (χ1n) is 6.18. The Hall–Kier alpha value is -2.28. The van der Waals surface area contributed by atoms with Gasteiger partial charge in [-0.2, -0.15) is 5.10 Å². The van der Waals surface area contributed by atoms with E-state index in [1.165, 1.54) is 0 Å². The highest BCUT2D eigenvalue weighted by atomic mass is 16.5. The SMILES string of the molecule is COCc1nn(C)cc1C(=O)NCc1nccnc1C. The minimum absolute atomic E-state index is 0.199. The topological polar surface area (TPSA) is 81.9 Å². The Labute approximate surface area is 117 Å². The Bertz CT molecular complexity index is 609. The minimum atomic E-state index is -0.199. The van der Waals surface area contributed by atoms with Crippen LogP contribution in [0.4, 0.5) is 0 Å². The van der Waals surface area contributed by atoms with Gasteiger partial charge in [0.25, 0.3) is 5.91 Å². The van der Waals surface area contributed by atoms with Gasteiger partial charge in [-0.05, 0) is 6.92 Å². The zero-order valence-electron chi connectivity index (χ0n) is 11.8. The number of ether oxygens (including phenoxy) is 1. The molecule has 106 valence electrons. The van der Waals surface area contributed by atoms with E-state index in [4.69, 9.17) is 4.74 Å². The largest absolute Gasteiger partial charge is 0.378 e. The molecule has 1 amide bonds. The lowest BCUT2D eigenvalue weighted by atomic mass is 10.2. The second kappa shape index (κ2) is 6.25. The fraction of sp³-hybridized carbons (Fsp3) is 0.385. The minimum Gasteiger partial charge on any atom is -0.378 e. The van der Waals surface area contributed by atoms with Crippen molar-refractivity contribution in [1.29, 1.82) is 0 Å². The number of methoxy groups -OCH3 is 1. The molecule has 7 nitrogen and oxygen atoms in total. The highest BCUT2D eigenvalue weighted by molar-refractivity contribution is 5.95. The van der Waals surface area contributed by atoms with Gasteiger partial charge in [-0.3, -0.25) is 19.4 Å². The summed E-state index contributed by atoms with van der Waals surface area (Å²) < 4.78 is 6.63. The molecule has 2 rings (SSSR count). The summed E-state index contributed by atoms with van der Waals surface area (Å²) >= 11 is 0. The number of hydrogen-bond donors (Lipinski definition) is 1. The van der Waals surface area contributed by atoms with Crippen LogP contribution in [0.25, 0.3) is 0 Å². The lowest BCUT2D eigenvalue weighted by molar-refractivity contribution is 0.0945. The number of rotatable bonds is 5. The van der Waals surface area contributed by atoms with Crippen molar-refractivity contribution in [2.75, 3.05) is 7.11 Å². The number of nitrogens with one attached hydrogen (secondary N) is 1. The monoisotopic (exact) mass is 275 g/mol. The number of hydrogen-bond acceptors (Lipinski definition) is 5. The Morgan fingerprint density at radius 3 is 2.80 bits per heavy atom. The fourth-order valence-corrected chi connectivity index (χ4v) is 1.84. The van der Waals surface area contributed by atoms with Crippen LogP contribution < -0.4 is 5.32 Å². The smallest absolute Gasteiger partial charge is 0.255 e. The Morgan fingerprint density at radius 2 is 2.10 bits per heavy atom. The molecule has 0 aliphatic heterocycles. The third-order valence-electron chi connectivity index (χ3n) is 2.83. The maximum atomic E-state index is 12.2. The number of nitrogens with zero attached hydrogens (tertiary/aromatic N) is 4. The van der Waals surface area contributed by atoms with Gasteiger partial charge in [0.05, 0.1) is 30.1 Å². The molecule has 0 aliphatic carbocycles. The van der Waals surface area contributed by atoms with E-state index in [2.05, 4.69) is 20.4 Å². The van der Waals surface area contributed by atoms with Gasteiger partial charge in [-0.1, -0.05) is 0 Å². The zero-order chi connectivity index (χ0) is 14.5. The summed E-state index contributed by atoms with van der Waals surface area (Å²) in [5.74, 6) is -0.199. The highest BCUT2D eigenvalue weighted by Gasteiger charge is 2.15. The van der Waals surface area contributed by atoms with Crippen molar-refractivity contribution in [3.05, 3.63) is 41.2 Å². The van der Waals surface area contributed by atoms with Crippen molar-refractivity contribution in [1.82, 2.24) is 25.1 Å². The standard InChI is InChI=1S/C13H17N5O2/c1-9-11(15-5-4-14-9)6-16-13(19)10-7-18(2)17-12(10)8-20-3/h4-5,7H,6,8H2,1-3H3,(H,16,19). The molecule has 0 radical (unpaired) electrons. The third-order valence-corrected chi connectivity index (χ3v) is 2.83. The molecule has 2 aromatic heterocycles. The number of aromatic nitrogens is 4. The lowest BCUT2D eigenvalue weighted by Gasteiger charge is -2.06. The average Bonchev–Trinajstić information content (AvgIpc) is 2.79. The third kappa shape index (κ3) is 3.18. The van der Waals surface area contributed by atoms with Gasteiger partial charge in [0.15, 0.2) is 0 Å². The summed E-state index contributed by atoms with van der Waals surface area (Å²) in [6, 6.07) is 0. The molecule has 0 bridgehead atoms. The second-order valence-corrected chi connectivity index (χ2v) is 4.37. The summed E-state index contributed by atoms with van der Waals surface area (Å²) in [7, 11) is 3.34. The number of carbonyl (C=O) groups excluding carboxylic acids is 1. The van der Waals surface area contributed by atoms with Crippen LogP contribution in [0.5, 0.6) is 0 Å². The van der Waals surface area contributed by atoms with Gasteiger partial charge in [0.2, 0.25) is 0 Å². The van der Waals surface area contributed by atoms with Crippen molar-refractivity contribution in [2.45, 2.75) is 20.1 Å². The average molecular weight is 275 g/mol. The van der Waals surface area contributed by atoms with Crippen molar-refractivity contribution < 1.29 is 9.53 Å². The molecule has 0 saturated carbocycles. The molecule has 20 heavy (non-hydrogen) atoms. The van der Waals surface area contributed by atoms with E-state index in [1.807, 2.05) is 6.92 Å². The maximum absolute atomic E-state index is 12.2. The molecule has 0 saturated heterocycles. The van der Waals surface area contributed by atoms with Crippen LogP contribution in [-0.2, 0) is 24.9 Å². The van der Waals surface area contributed by atoms with Crippen LogP contribution in [0.3, 0.4) is 0 Å². The van der Waals surface area contributed by atoms with E-state index in [9.17, 15) is 4.79 Å². The quantitative estimate of drug-likeness (QED) is 0.864. The molecule has 0 fully saturated rings. The number of amides is 1. The molecule has 0 unspecified atom stereocenters. The van der Waals surface area contributed by atoms with Crippen molar-refractivity contribution in [3.8, 4) is 0 Å². The molecule has 2 heterocycles. The summed E-state index contributed by atoms with van der Waals surface area (Å²) in [6.45, 7) is 2.49. The maximum Gasteiger partial charge on any atom is 0.255 e. The summed E-state index contributed by atoms with van der Waals surface area (Å²) in [4.78, 5) is 20.5. The number of carbonyl (C=O) groups is 1. The van der Waals surface area contributed by atoms with Crippen LogP contribution in [0.1, 0.15) is 27.4 Å². The zero-order valence-corrected chi connectivity index (χ0v) is 11.8. The van der Waals surface area contributed by atoms with E-state index >= 15 is 0 Å². The van der Waals surface area contributed by atoms with E-state index in [0.717, 1.165) is 11.4 Å². The van der Waals surface area contributed by atoms with Crippen LogP contribution >= 0.6 is 0 Å². The number of aryl methyl sites for hydroxylation is 2. The van der Waals surface area contributed by atoms with Gasteiger partial charge < -0.3 is 10.1 Å². The fourth-order valence-electron chi connectivity index (χ4n) is 1.84. The van der Waals surface area contributed by atoms with E-state index in [-0.39, 0.29) is 5.91 Å². The molecule has 0 aliphatic rings. The van der Waals surface area contributed by atoms with Crippen LogP contribution in [0, 0.1) is 6.92 Å². The molecule has 2 aromatic rings.